The third-order valence-electron chi connectivity index (χ3n) is 4.58. The molecule has 3 N–H and O–H groups in total. The number of benzene rings is 2. The van der Waals surface area contributed by atoms with E-state index in [-0.39, 0.29) is 10.9 Å². The molecular formula is C21H28N2O4S. The molecule has 28 heavy (non-hydrogen) atoms. The summed E-state index contributed by atoms with van der Waals surface area (Å²) in [6, 6.07) is 12.5. The van der Waals surface area contributed by atoms with Crippen molar-refractivity contribution in [3.63, 3.8) is 0 Å². The summed E-state index contributed by atoms with van der Waals surface area (Å²) in [6.45, 7) is 7.14. The number of carbonyl (C=O) groups is 1. The quantitative estimate of drug-likeness (QED) is 0.630. The van der Waals surface area contributed by atoms with Gasteiger partial charge in [-0.15, -0.1) is 0 Å². The number of aryl methyl sites for hydroxylation is 2. The van der Waals surface area contributed by atoms with Gasteiger partial charge >= 0.3 is 0 Å². The van der Waals surface area contributed by atoms with E-state index in [0.29, 0.717) is 6.42 Å². The van der Waals surface area contributed by atoms with E-state index in [9.17, 15) is 18.3 Å². The predicted molar refractivity (Wildman–Crippen MR) is 109 cm³/mol. The van der Waals surface area contributed by atoms with E-state index < -0.39 is 28.1 Å². The maximum Gasteiger partial charge on any atom is 0.241 e. The topological polar surface area (TPSA) is 95.5 Å². The second kappa shape index (κ2) is 9.32. The second-order valence-corrected chi connectivity index (χ2v) is 8.75. The molecule has 0 aliphatic rings. The Hall–Kier alpha value is -2.22. The lowest BCUT2D eigenvalue weighted by Crippen LogP contribution is -2.52. The highest BCUT2D eigenvalue weighted by Gasteiger charge is 2.30. The van der Waals surface area contributed by atoms with E-state index >= 15 is 0 Å². The summed E-state index contributed by atoms with van der Waals surface area (Å²) in [5.74, 6) is -0.571. The number of sulfonamides is 1. The molecule has 0 aliphatic carbocycles. The van der Waals surface area contributed by atoms with Crippen molar-refractivity contribution in [2.24, 2.45) is 0 Å². The van der Waals surface area contributed by atoms with E-state index in [1.807, 2.05) is 45.0 Å². The molecule has 0 aliphatic heterocycles. The Bertz CT molecular complexity index is 891. The molecule has 2 aromatic carbocycles. The first-order valence-corrected chi connectivity index (χ1v) is 10.8. The smallest absolute Gasteiger partial charge is 0.241 e. The first-order chi connectivity index (χ1) is 13.1. The van der Waals surface area contributed by atoms with Crippen molar-refractivity contribution in [1.82, 2.24) is 10.0 Å². The summed E-state index contributed by atoms with van der Waals surface area (Å²) in [4.78, 5) is 12.8. The lowest BCUT2D eigenvalue weighted by atomic mass is 10.0. The third kappa shape index (κ3) is 5.64. The van der Waals surface area contributed by atoms with Gasteiger partial charge in [0.2, 0.25) is 15.9 Å². The number of aliphatic hydroxyl groups is 1. The molecule has 0 aromatic heterocycles. The van der Waals surface area contributed by atoms with Gasteiger partial charge in [0.15, 0.2) is 0 Å². The van der Waals surface area contributed by atoms with Gasteiger partial charge in [0.1, 0.15) is 6.04 Å². The minimum atomic E-state index is -3.95. The van der Waals surface area contributed by atoms with Gasteiger partial charge in [-0.05, 0) is 44.9 Å². The zero-order chi connectivity index (χ0) is 20.9. The van der Waals surface area contributed by atoms with Crippen molar-refractivity contribution in [2.45, 2.75) is 57.2 Å². The SMILES string of the molecule is CCC(NC(=O)C(NS(=O)(=O)c1ccc(C)cc1)C(C)O)c1ccc(C)cc1. The van der Waals surface area contributed by atoms with Gasteiger partial charge in [-0.2, -0.15) is 4.72 Å². The molecule has 0 spiro atoms. The molecule has 0 saturated carbocycles. The fourth-order valence-electron chi connectivity index (χ4n) is 2.81. The molecule has 2 aromatic rings. The Balaban J connectivity index is 2.19. The van der Waals surface area contributed by atoms with Gasteiger partial charge in [-0.3, -0.25) is 4.79 Å². The van der Waals surface area contributed by atoms with Crippen LogP contribution in [-0.2, 0) is 14.8 Å². The third-order valence-corrected chi connectivity index (χ3v) is 6.04. The molecular weight excluding hydrogens is 376 g/mol. The Morgan fingerprint density at radius 1 is 1.00 bits per heavy atom. The summed E-state index contributed by atoms with van der Waals surface area (Å²) < 4.78 is 27.6. The van der Waals surface area contributed by atoms with E-state index in [4.69, 9.17) is 0 Å². The Morgan fingerprint density at radius 3 is 1.96 bits per heavy atom. The molecule has 0 bridgehead atoms. The predicted octanol–water partition coefficient (Wildman–Crippen LogP) is 2.60. The fourth-order valence-corrected chi connectivity index (χ4v) is 4.07. The Morgan fingerprint density at radius 2 is 1.50 bits per heavy atom. The molecule has 0 saturated heterocycles. The van der Waals surface area contributed by atoms with Crippen LogP contribution in [0.4, 0.5) is 0 Å². The van der Waals surface area contributed by atoms with E-state index in [2.05, 4.69) is 10.0 Å². The van der Waals surface area contributed by atoms with Crippen molar-refractivity contribution in [3.8, 4) is 0 Å². The van der Waals surface area contributed by atoms with Crippen LogP contribution in [0.25, 0.3) is 0 Å². The molecule has 2 rings (SSSR count). The highest BCUT2D eigenvalue weighted by molar-refractivity contribution is 7.89. The van der Waals surface area contributed by atoms with Crippen LogP contribution in [-0.4, -0.2) is 31.6 Å². The molecule has 6 nitrogen and oxygen atoms in total. The summed E-state index contributed by atoms with van der Waals surface area (Å²) in [5.41, 5.74) is 2.96. The Labute approximate surface area is 167 Å². The average molecular weight is 405 g/mol. The van der Waals surface area contributed by atoms with Crippen LogP contribution in [0, 0.1) is 13.8 Å². The normalized spacial score (nSPS) is 14.9. The van der Waals surface area contributed by atoms with Gasteiger partial charge in [-0.25, -0.2) is 8.42 Å². The average Bonchev–Trinajstić information content (AvgIpc) is 2.65. The van der Waals surface area contributed by atoms with Crippen LogP contribution in [0.5, 0.6) is 0 Å². The van der Waals surface area contributed by atoms with Crippen LogP contribution in [0.1, 0.15) is 43.0 Å². The van der Waals surface area contributed by atoms with Crippen molar-refractivity contribution in [1.29, 1.82) is 0 Å². The number of nitrogens with one attached hydrogen (secondary N) is 2. The molecule has 7 heteroatoms. The number of amides is 1. The zero-order valence-corrected chi connectivity index (χ0v) is 17.5. The van der Waals surface area contributed by atoms with E-state index in [0.717, 1.165) is 16.7 Å². The largest absolute Gasteiger partial charge is 0.391 e. The lowest BCUT2D eigenvalue weighted by molar-refractivity contribution is -0.125. The van der Waals surface area contributed by atoms with Gasteiger partial charge < -0.3 is 10.4 Å². The van der Waals surface area contributed by atoms with Gasteiger partial charge in [-0.1, -0.05) is 54.4 Å². The summed E-state index contributed by atoms with van der Waals surface area (Å²) in [5, 5.41) is 12.9. The molecule has 0 fully saturated rings. The fraction of sp³-hybridized carbons (Fsp3) is 0.381. The number of hydrogen-bond acceptors (Lipinski definition) is 4. The van der Waals surface area contributed by atoms with Crippen LogP contribution in [0.2, 0.25) is 0 Å². The van der Waals surface area contributed by atoms with Crippen LogP contribution >= 0.6 is 0 Å². The second-order valence-electron chi connectivity index (χ2n) is 7.03. The first-order valence-electron chi connectivity index (χ1n) is 9.28. The molecule has 0 radical (unpaired) electrons. The van der Waals surface area contributed by atoms with Gasteiger partial charge in [0.25, 0.3) is 0 Å². The van der Waals surface area contributed by atoms with Crippen molar-refractivity contribution in [2.75, 3.05) is 0 Å². The standard InChI is InChI=1S/C21H28N2O4S/c1-5-19(17-10-6-14(2)7-11-17)22-21(25)20(16(4)24)23-28(26,27)18-12-8-15(3)9-13-18/h6-13,16,19-20,23-24H,5H2,1-4H3,(H,22,25). The molecule has 3 atom stereocenters. The highest BCUT2D eigenvalue weighted by atomic mass is 32.2. The molecule has 152 valence electrons. The van der Waals surface area contributed by atoms with Crippen molar-refractivity contribution < 1.29 is 18.3 Å². The number of rotatable bonds is 8. The van der Waals surface area contributed by atoms with Gasteiger partial charge in [0.05, 0.1) is 17.0 Å². The number of carbonyl (C=O) groups excluding carboxylic acids is 1. The number of hydrogen-bond donors (Lipinski definition) is 3. The zero-order valence-electron chi connectivity index (χ0n) is 16.6. The summed E-state index contributed by atoms with van der Waals surface area (Å²) in [7, 11) is -3.95. The minimum absolute atomic E-state index is 0.0436. The summed E-state index contributed by atoms with van der Waals surface area (Å²) in [6.07, 6.45) is -0.567. The highest BCUT2D eigenvalue weighted by Crippen LogP contribution is 2.18. The van der Waals surface area contributed by atoms with Crippen LogP contribution in [0.15, 0.2) is 53.4 Å². The molecule has 0 heterocycles. The van der Waals surface area contributed by atoms with Crippen LogP contribution < -0.4 is 10.0 Å². The monoisotopic (exact) mass is 404 g/mol. The van der Waals surface area contributed by atoms with Crippen molar-refractivity contribution in [3.05, 3.63) is 65.2 Å². The maximum absolute atomic E-state index is 12.8. The Kier molecular flexibility index (Phi) is 7.35. The van der Waals surface area contributed by atoms with Crippen molar-refractivity contribution >= 4 is 15.9 Å². The first kappa shape index (κ1) is 22.1. The molecule has 3 unspecified atom stereocenters. The minimum Gasteiger partial charge on any atom is -0.391 e. The van der Waals surface area contributed by atoms with E-state index in [1.165, 1.54) is 19.1 Å². The van der Waals surface area contributed by atoms with E-state index in [1.54, 1.807) is 12.1 Å². The number of aliphatic hydroxyl groups excluding tert-OH is 1. The lowest BCUT2D eigenvalue weighted by Gasteiger charge is -2.24. The van der Waals surface area contributed by atoms with Crippen LogP contribution in [0.3, 0.4) is 0 Å². The van der Waals surface area contributed by atoms with Gasteiger partial charge in [0, 0.05) is 0 Å². The summed E-state index contributed by atoms with van der Waals surface area (Å²) >= 11 is 0. The molecule has 1 amide bonds. The maximum atomic E-state index is 12.8.